The van der Waals surface area contributed by atoms with Gasteiger partial charge >= 0.3 is 17.9 Å². The van der Waals surface area contributed by atoms with Gasteiger partial charge in [0.25, 0.3) is 6.10 Å². The van der Waals surface area contributed by atoms with Gasteiger partial charge in [-0.1, -0.05) is 44.2 Å². The molecule has 6 rings (SSSR count). The first-order valence-electron chi connectivity index (χ1n) is 16.8. The van der Waals surface area contributed by atoms with Crippen LogP contribution in [0.5, 0.6) is 0 Å². The fraction of sp³-hybridized carbons (Fsp3) is 0.778. The summed E-state index contributed by atoms with van der Waals surface area (Å²) in [5.74, 6) is -1.61. The number of carbonyl (C=O) groups excluding carboxylic acids is 4. The van der Waals surface area contributed by atoms with E-state index in [1.165, 1.54) is 13.8 Å². The Balaban J connectivity index is 1.32. The molecular weight excluding hydrogens is 608 g/mol. The molecule has 2 heterocycles. The van der Waals surface area contributed by atoms with Crippen LogP contribution in [0.3, 0.4) is 0 Å². The van der Waals surface area contributed by atoms with Crippen LogP contribution >= 0.6 is 11.8 Å². The van der Waals surface area contributed by atoms with Crippen LogP contribution < -0.4 is 0 Å². The molecule has 3 saturated carbocycles. The van der Waals surface area contributed by atoms with Gasteiger partial charge in [0.15, 0.2) is 5.78 Å². The summed E-state index contributed by atoms with van der Waals surface area (Å²) >= 11 is 0.952. The lowest BCUT2D eigenvalue weighted by atomic mass is 9.46. The molecule has 4 aliphatic carbocycles. The highest BCUT2D eigenvalue weighted by atomic mass is 32.2. The van der Waals surface area contributed by atoms with Crippen LogP contribution in [0.4, 0.5) is 0 Å². The molecule has 6 aliphatic rings. The van der Waals surface area contributed by atoms with Crippen LogP contribution in [0.15, 0.2) is 23.8 Å². The fourth-order valence-electron chi connectivity index (χ4n) is 10.5. The van der Waals surface area contributed by atoms with Crippen LogP contribution in [0.1, 0.15) is 93.9 Å². The maximum atomic E-state index is 13.2. The molecule has 46 heavy (non-hydrogen) atoms. The first kappa shape index (κ1) is 33.9. The highest BCUT2D eigenvalue weighted by molar-refractivity contribution is 8.13. The fourth-order valence-corrected chi connectivity index (χ4v) is 10.9. The molecule has 9 nitrogen and oxygen atoms in total. The van der Waals surface area contributed by atoms with Crippen molar-refractivity contribution >= 4 is 34.6 Å². The van der Waals surface area contributed by atoms with Crippen LogP contribution in [0.2, 0.25) is 0 Å². The average Bonchev–Trinajstić information content (AvgIpc) is 3.38. The van der Waals surface area contributed by atoms with E-state index in [9.17, 15) is 19.2 Å². The SMILES string of the molecule is CSC(=O)[C@H](OC(C)=O)[C@@]12O[C@@H]([C@@H](C)[C@@H]3CC[C@@H]4[C@H]5[C@H](OC(C)=O)CC6=CC(=O)C=C[C@@]6(C)[C@H]5CC[C@]43C)C[C@@](C)(O1)C(C)(C)O2. The maximum Gasteiger partial charge on any atom is 0.332 e. The van der Waals surface area contributed by atoms with Gasteiger partial charge in [0.1, 0.15) is 11.7 Å². The zero-order chi connectivity index (χ0) is 33.6. The second-order valence-corrected chi connectivity index (χ2v) is 16.7. The number of ether oxygens (including phenoxy) is 5. The first-order chi connectivity index (χ1) is 21.4. The second kappa shape index (κ2) is 11.3. The number of hydrogen-bond acceptors (Lipinski definition) is 10. The van der Waals surface area contributed by atoms with E-state index in [-0.39, 0.29) is 52.5 Å². The molecule has 0 aromatic carbocycles. The predicted octanol–water partition coefficient (Wildman–Crippen LogP) is 5.94. The Morgan fingerprint density at radius 1 is 1.00 bits per heavy atom. The van der Waals surface area contributed by atoms with Gasteiger partial charge in [-0.25, -0.2) is 0 Å². The molecular formula is C36H50O9S. The molecule has 0 aromatic rings. The Bertz CT molecular complexity index is 1380. The van der Waals surface area contributed by atoms with Crippen molar-refractivity contribution in [3.05, 3.63) is 23.8 Å². The standard InChI is InChI=1S/C36H50O9S/c1-19(28-18-35(8)32(4,5)44-36(43-28,45-35)30(31(40)46-9)42-21(3)38)24-10-11-25-29-26(13-15-34(24,25)7)33(6)14-12-23(39)16-22(33)17-27(29)41-20(2)37/h12,14,16,19,24-30H,10-11,13,15,17-18H2,1-9H3/t19-,24-,25+,26-,27+,28+,29+,30-,33+,34-,35+,36-/m0/s1. The van der Waals surface area contributed by atoms with Crippen molar-refractivity contribution in [2.24, 2.45) is 40.4 Å². The number of thioether (sulfide) groups is 1. The lowest BCUT2D eigenvalue weighted by molar-refractivity contribution is -0.417. The van der Waals surface area contributed by atoms with Crippen molar-refractivity contribution in [1.82, 2.24) is 0 Å². The molecule has 0 radical (unpaired) electrons. The van der Waals surface area contributed by atoms with Gasteiger partial charge in [0, 0.05) is 38.0 Å². The smallest absolute Gasteiger partial charge is 0.332 e. The van der Waals surface area contributed by atoms with Gasteiger partial charge in [-0.05, 0) is 93.9 Å². The van der Waals surface area contributed by atoms with Crippen molar-refractivity contribution in [2.45, 2.75) is 129 Å². The van der Waals surface area contributed by atoms with Crippen LogP contribution in [0.25, 0.3) is 0 Å². The number of fused-ring (bicyclic) bond motifs is 7. The summed E-state index contributed by atoms with van der Waals surface area (Å²) in [5, 5.41) is -0.399. The second-order valence-electron chi connectivity index (χ2n) is 15.8. The van der Waals surface area contributed by atoms with Gasteiger partial charge in [0.2, 0.25) is 5.12 Å². The number of ketones is 1. The van der Waals surface area contributed by atoms with Crippen LogP contribution in [-0.2, 0) is 42.9 Å². The summed E-state index contributed by atoms with van der Waals surface area (Å²) in [6, 6.07) is 0. The number of hydrogen-bond donors (Lipinski definition) is 0. The Morgan fingerprint density at radius 3 is 2.37 bits per heavy atom. The molecule has 0 spiro atoms. The summed E-state index contributed by atoms with van der Waals surface area (Å²) in [5.41, 5.74) is -0.797. The Kier molecular flexibility index (Phi) is 8.30. The lowest BCUT2D eigenvalue weighted by Gasteiger charge is -2.59. The van der Waals surface area contributed by atoms with E-state index >= 15 is 0 Å². The highest BCUT2D eigenvalue weighted by Crippen LogP contribution is 2.68. The topological polar surface area (TPSA) is 114 Å². The van der Waals surface area contributed by atoms with Gasteiger partial charge < -0.3 is 23.7 Å². The monoisotopic (exact) mass is 658 g/mol. The number of carbonyl (C=O) groups is 4. The van der Waals surface area contributed by atoms with Crippen molar-refractivity contribution in [1.29, 1.82) is 0 Å². The van der Waals surface area contributed by atoms with E-state index in [4.69, 9.17) is 23.7 Å². The van der Waals surface area contributed by atoms with E-state index in [2.05, 4.69) is 26.8 Å². The molecule has 5 fully saturated rings. The van der Waals surface area contributed by atoms with Gasteiger partial charge in [-0.15, -0.1) is 0 Å². The van der Waals surface area contributed by atoms with E-state index in [0.29, 0.717) is 24.7 Å². The molecule has 0 unspecified atom stereocenters. The van der Waals surface area contributed by atoms with Crippen LogP contribution in [0, 0.1) is 40.4 Å². The predicted molar refractivity (Wildman–Crippen MR) is 171 cm³/mol. The number of esters is 2. The lowest BCUT2D eigenvalue weighted by Crippen LogP contribution is -2.60. The molecule has 0 N–H and O–H groups in total. The summed E-state index contributed by atoms with van der Waals surface area (Å²) < 4.78 is 31.4. The zero-order valence-electron chi connectivity index (χ0n) is 28.7. The Morgan fingerprint density at radius 2 is 1.72 bits per heavy atom. The van der Waals surface area contributed by atoms with Gasteiger partial charge in [0.05, 0.1) is 11.7 Å². The largest absolute Gasteiger partial charge is 0.462 e. The molecule has 2 aliphatic heterocycles. The minimum Gasteiger partial charge on any atom is -0.462 e. The van der Waals surface area contributed by atoms with Gasteiger partial charge in [-0.3, -0.25) is 19.2 Å². The van der Waals surface area contributed by atoms with E-state index in [1.54, 1.807) is 18.4 Å². The summed E-state index contributed by atoms with van der Waals surface area (Å²) in [7, 11) is 0. The molecule has 0 amide bonds. The third-order valence-electron chi connectivity index (χ3n) is 13.1. The molecule has 254 valence electrons. The van der Waals surface area contributed by atoms with Crippen molar-refractivity contribution < 1.29 is 42.9 Å². The van der Waals surface area contributed by atoms with Crippen LogP contribution in [-0.4, -0.2) is 64.6 Å². The van der Waals surface area contributed by atoms with E-state index < -0.39 is 34.4 Å². The molecule has 2 bridgehead atoms. The number of rotatable bonds is 6. The van der Waals surface area contributed by atoms with Crippen molar-refractivity contribution in [3.63, 3.8) is 0 Å². The average molecular weight is 659 g/mol. The zero-order valence-corrected chi connectivity index (χ0v) is 29.5. The normalized spacial score (nSPS) is 45.1. The quantitative estimate of drug-likeness (QED) is 0.318. The Labute approximate surface area is 276 Å². The summed E-state index contributed by atoms with van der Waals surface area (Å²) in [6.45, 7) is 15.5. The summed E-state index contributed by atoms with van der Waals surface area (Å²) in [4.78, 5) is 50.2. The molecule has 2 saturated heterocycles. The highest BCUT2D eigenvalue weighted by Gasteiger charge is 2.71. The minimum absolute atomic E-state index is 0.00197. The van der Waals surface area contributed by atoms with Gasteiger partial charge in [-0.2, -0.15) is 0 Å². The summed E-state index contributed by atoms with van der Waals surface area (Å²) in [6.07, 6.45) is 10.4. The molecule has 10 heteroatoms. The molecule has 0 aromatic heterocycles. The third-order valence-corrected chi connectivity index (χ3v) is 13.7. The van der Waals surface area contributed by atoms with E-state index in [1.807, 2.05) is 20.8 Å². The Hall–Kier alpha value is -2.01. The minimum atomic E-state index is -1.84. The maximum absolute atomic E-state index is 13.2. The number of allylic oxidation sites excluding steroid dienone is 3. The third kappa shape index (κ3) is 5.07. The van der Waals surface area contributed by atoms with E-state index in [0.717, 1.165) is 43.0 Å². The van der Waals surface area contributed by atoms with Crippen molar-refractivity contribution in [2.75, 3.05) is 6.26 Å². The molecule has 12 atom stereocenters. The van der Waals surface area contributed by atoms with Crippen molar-refractivity contribution in [3.8, 4) is 0 Å². The first-order valence-corrected chi connectivity index (χ1v) is 18.1.